The number of carbonyl (C=O) groups is 2. The highest BCUT2D eigenvalue weighted by atomic mass is 16.2. The largest absolute Gasteiger partial charge is 0.345 e. The molecule has 0 unspecified atom stereocenters. The molecule has 0 bridgehead atoms. The molecule has 0 saturated heterocycles. The minimum absolute atomic E-state index is 0.0688. The summed E-state index contributed by atoms with van der Waals surface area (Å²) in [5.41, 5.74) is 2.45. The molecule has 2 rings (SSSR count). The monoisotopic (exact) mass is 319 g/mol. The van der Waals surface area contributed by atoms with Gasteiger partial charge in [0.25, 0.3) is 5.91 Å². The number of rotatable bonds is 4. The first-order valence-electron chi connectivity index (χ1n) is 7.30. The molecule has 0 spiro atoms. The normalized spacial score (nSPS) is 10.2. The van der Waals surface area contributed by atoms with Crippen LogP contribution in [0.3, 0.4) is 0 Å². The van der Waals surface area contributed by atoms with Gasteiger partial charge in [0.1, 0.15) is 0 Å². The van der Waals surface area contributed by atoms with Crippen LogP contribution in [-0.2, 0) is 4.79 Å². The number of nitrogens with zero attached hydrogens (tertiary/aromatic N) is 2. The Morgan fingerprint density at radius 2 is 1.83 bits per heavy atom. The lowest BCUT2D eigenvalue weighted by Gasteiger charge is -2.09. The van der Waals surface area contributed by atoms with Gasteiger partial charge >= 0.3 is 0 Å². The second kappa shape index (κ2) is 7.75. The zero-order valence-electron chi connectivity index (χ0n) is 13.5. The fourth-order valence-electron chi connectivity index (χ4n) is 2.02. The summed E-state index contributed by atoms with van der Waals surface area (Å²) in [6.07, 6.45) is 3.06. The highest BCUT2D eigenvalue weighted by molar-refractivity contribution is 6.02. The van der Waals surface area contributed by atoms with E-state index in [1.165, 1.54) is 11.0 Å². The molecule has 2 aromatic rings. The molecular formula is C19H17N3O2. The standard InChI is InChI=1S/C19H17N3O2/c1-22(2)19(24)16-9-6-14(7-10-16)8-11-18(23)21-17-5-3-4-15(12-17)13-20/h3-12H,1-2H3,(H,21,23)/b11-8+. The number of anilines is 1. The number of carbonyl (C=O) groups excluding carboxylic acids is 2. The van der Waals surface area contributed by atoms with Crippen LogP contribution in [0.15, 0.2) is 54.6 Å². The van der Waals surface area contributed by atoms with Gasteiger partial charge in [-0.3, -0.25) is 9.59 Å². The topological polar surface area (TPSA) is 73.2 Å². The van der Waals surface area contributed by atoms with Crippen molar-refractivity contribution in [3.63, 3.8) is 0 Å². The molecule has 120 valence electrons. The van der Waals surface area contributed by atoms with E-state index in [0.717, 1.165) is 5.56 Å². The third-order valence-corrected chi connectivity index (χ3v) is 3.25. The molecular weight excluding hydrogens is 302 g/mol. The van der Waals surface area contributed by atoms with Crippen molar-refractivity contribution >= 4 is 23.6 Å². The van der Waals surface area contributed by atoms with Crippen molar-refractivity contribution in [1.29, 1.82) is 5.26 Å². The minimum Gasteiger partial charge on any atom is -0.345 e. The fourth-order valence-corrected chi connectivity index (χ4v) is 2.02. The first-order chi connectivity index (χ1) is 11.5. The molecule has 24 heavy (non-hydrogen) atoms. The molecule has 2 amide bonds. The maximum atomic E-state index is 11.9. The molecule has 2 aromatic carbocycles. The number of amides is 2. The van der Waals surface area contributed by atoms with Gasteiger partial charge in [0.15, 0.2) is 0 Å². The summed E-state index contributed by atoms with van der Waals surface area (Å²) >= 11 is 0. The minimum atomic E-state index is -0.293. The SMILES string of the molecule is CN(C)C(=O)c1ccc(/C=C/C(=O)Nc2cccc(C#N)c2)cc1. The predicted molar refractivity (Wildman–Crippen MR) is 93.3 cm³/mol. The molecule has 0 saturated carbocycles. The van der Waals surface area contributed by atoms with Gasteiger partial charge in [-0.15, -0.1) is 0 Å². The summed E-state index contributed by atoms with van der Waals surface area (Å²) in [6.45, 7) is 0. The smallest absolute Gasteiger partial charge is 0.253 e. The zero-order valence-corrected chi connectivity index (χ0v) is 13.5. The summed E-state index contributed by atoms with van der Waals surface area (Å²) in [5.74, 6) is -0.362. The summed E-state index contributed by atoms with van der Waals surface area (Å²) in [5, 5.41) is 11.5. The second-order valence-corrected chi connectivity index (χ2v) is 5.34. The van der Waals surface area contributed by atoms with Gasteiger partial charge in [-0.25, -0.2) is 0 Å². The van der Waals surface area contributed by atoms with Crippen LogP contribution in [0.1, 0.15) is 21.5 Å². The molecule has 0 aliphatic carbocycles. The lowest BCUT2D eigenvalue weighted by atomic mass is 10.1. The van der Waals surface area contributed by atoms with E-state index < -0.39 is 0 Å². The van der Waals surface area contributed by atoms with Crippen molar-refractivity contribution in [2.45, 2.75) is 0 Å². The summed E-state index contributed by atoms with van der Waals surface area (Å²) in [4.78, 5) is 25.2. The molecule has 1 N–H and O–H groups in total. The summed E-state index contributed by atoms with van der Waals surface area (Å²) in [6, 6.07) is 15.7. The maximum absolute atomic E-state index is 11.9. The number of hydrogen-bond donors (Lipinski definition) is 1. The van der Waals surface area contributed by atoms with E-state index in [1.807, 2.05) is 6.07 Å². The second-order valence-electron chi connectivity index (χ2n) is 5.34. The molecule has 0 aromatic heterocycles. The van der Waals surface area contributed by atoms with E-state index in [4.69, 9.17) is 5.26 Å². The van der Waals surface area contributed by atoms with Gasteiger partial charge in [0.2, 0.25) is 5.91 Å². The summed E-state index contributed by atoms with van der Waals surface area (Å²) in [7, 11) is 3.39. The van der Waals surface area contributed by atoms with Crippen molar-refractivity contribution in [3.8, 4) is 6.07 Å². The number of nitrogens with one attached hydrogen (secondary N) is 1. The van der Waals surface area contributed by atoms with Crippen LogP contribution < -0.4 is 5.32 Å². The van der Waals surface area contributed by atoms with Crippen molar-refractivity contribution in [2.24, 2.45) is 0 Å². The number of nitriles is 1. The molecule has 5 heteroatoms. The Hall–Kier alpha value is -3.39. The predicted octanol–water partition coefficient (Wildman–Crippen LogP) is 2.91. The third-order valence-electron chi connectivity index (χ3n) is 3.25. The Morgan fingerprint density at radius 1 is 1.12 bits per heavy atom. The van der Waals surface area contributed by atoms with Crippen LogP contribution in [0.5, 0.6) is 0 Å². The molecule has 0 aliphatic rings. The maximum Gasteiger partial charge on any atom is 0.253 e. The van der Waals surface area contributed by atoms with Crippen LogP contribution in [-0.4, -0.2) is 30.8 Å². The Morgan fingerprint density at radius 3 is 2.46 bits per heavy atom. The zero-order chi connectivity index (χ0) is 17.5. The number of benzene rings is 2. The molecule has 0 aliphatic heterocycles. The van der Waals surface area contributed by atoms with Crippen LogP contribution in [0.25, 0.3) is 6.08 Å². The first kappa shape index (κ1) is 17.0. The van der Waals surface area contributed by atoms with E-state index in [2.05, 4.69) is 5.32 Å². The third kappa shape index (κ3) is 4.55. The Kier molecular flexibility index (Phi) is 5.48. The van der Waals surface area contributed by atoms with Crippen LogP contribution in [0.4, 0.5) is 5.69 Å². The lowest BCUT2D eigenvalue weighted by molar-refractivity contribution is -0.111. The molecule has 0 heterocycles. The van der Waals surface area contributed by atoms with Gasteiger partial charge < -0.3 is 10.2 Å². The average Bonchev–Trinajstić information content (AvgIpc) is 2.60. The van der Waals surface area contributed by atoms with E-state index >= 15 is 0 Å². The lowest BCUT2D eigenvalue weighted by Crippen LogP contribution is -2.21. The van der Waals surface area contributed by atoms with E-state index in [1.54, 1.807) is 68.7 Å². The molecule has 0 fully saturated rings. The highest BCUT2D eigenvalue weighted by Crippen LogP contribution is 2.11. The fraction of sp³-hybridized carbons (Fsp3) is 0.105. The Bertz CT molecular complexity index is 815. The summed E-state index contributed by atoms with van der Waals surface area (Å²) < 4.78 is 0. The highest BCUT2D eigenvalue weighted by Gasteiger charge is 2.06. The van der Waals surface area contributed by atoms with Gasteiger partial charge in [-0.2, -0.15) is 5.26 Å². The molecule has 0 atom stereocenters. The molecule has 5 nitrogen and oxygen atoms in total. The van der Waals surface area contributed by atoms with Crippen LogP contribution >= 0.6 is 0 Å². The Balaban J connectivity index is 2.01. The van der Waals surface area contributed by atoms with Crippen LogP contribution in [0, 0.1) is 11.3 Å². The van der Waals surface area contributed by atoms with Gasteiger partial charge in [0.05, 0.1) is 11.6 Å². The quantitative estimate of drug-likeness (QED) is 0.881. The Labute approximate surface area is 140 Å². The van der Waals surface area contributed by atoms with E-state index in [-0.39, 0.29) is 11.8 Å². The van der Waals surface area contributed by atoms with Gasteiger partial charge in [-0.1, -0.05) is 18.2 Å². The van der Waals surface area contributed by atoms with Gasteiger partial charge in [-0.05, 0) is 42.0 Å². The van der Waals surface area contributed by atoms with Gasteiger partial charge in [0, 0.05) is 31.4 Å². The average molecular weight is 319 g/mol. The van der Waals surface area contributed by atoms with Crippen LogP contribution in [0.2, 0.25) is 0 Å². The van der Waals surface area contributed by atoms with E-state index in [0.29, 0.717) is 16.8 Å². The number of hydrogen-bond acceptors (Lipinski definition) is 3. The van der Waals surface area contributed by atoms with Crippen molar-refractivity contribution < 1.29 is 9.59 Å². The van der Waals surface area contributed by atoms with Crippen molar-refractivity contribution in [1.82, 2.24) is 4.90 Å². The van der Waals surface area contributed by atoms with Crippen molar-refractivity contribution in [2.75, 3.05) is 19.4 Å². The van der Waals surface area contributed by atoms with Crippen molar-refractivity contribution in [3.05, 3.63) is 71.3 Å². The molecule has 0 radical (unpaired) electrons. The van der Waals surface area contributed by atoms with E-state index in [9.17, 15) is 9.59 Å². The first-order valence-corrected chi connectivity index (χ1v) is 7.30.